The van der Waals surface area contributed by atoms with Crippen LogP contribution in [0.4, 0.5) is 0 Å². The Balaban J connectivity index is 2.09. The molecule has 0 amide bonds. The number of hydrogen-bond donors (Lipinski definition) is 0. The van der Waals surface area contributed by atoms with Crippen molar-refractivity contribution in [3.8, 4) is 0 Å². The van der Waals surface area contributed by atoms with Crippen LogP contribution in [0.2, 0.25) is 0 Å². The molecule has 0 aromatic carbocycles. The molecule has 60 valence electrons. The minimum absolute atomic E-state index is 0.342. The number of hydrogen-bond acceptors (Lipinski definition) is 1. The van der Waals surface area contributed by atoms with Gasteiger partial charge < -0.3 is 4.79 Å². The maximum absolute atomic E-state index is 10.4. The fourth-order valence-corrected chi connectivity index (χ4v) is 2.55. The second-order valence-electron chi connectivity index (χ2n) is 4.01. The second kappa shape index (κ2) is 2.20. The minimum atomic E-state index is 0.342. The molecular weight excluding hydrogens is 136 g/mol. The van der Waals surface area contributed by atoms with E-state index in [0.717, 1.165) is 24.5 Å². The number of rotatable bonds is 2. The Morgan fingerprint density at radius 3 is 3.09 bits per heavy atom. The topological polar surface area (TPSA) is 17.1 Å². The van der Waals surface area contributed by atoms with Gasteiger partial charge in [-0.3, -0.25) is 0 Å². The molecule has 0 heterocycles. The minimum Gasteiger partial charge on any atom is -0.303 e. The molecule has 0 radical (unpaired) electrons. The van der Waals surface area contributed by atoms with Crippen LogP contribution < -0.4 is 0 Å². The van der Waals surface area contributed by atoms with E-state index in [9.17, 15) is 4.79 Å². The van der Waals surface area contributed by atoms with E-state index in [1.807, 2.05) is 0 Å². The highest BCUT2D eigenvalue weighted by Crippen LogP contribution is 2.64. The number of carbonyl (C=O) groups is 1. The second-order valence-corrected chi connectivity index (χ2v) is 4.01. The number of allylic oxidation sites excluding steroid dienone is 2. The highest BCUT2D eigenvalue weighted by molar-refractivity contribution is 5.53. The van der Waals surface area contributed by atoms with Crippen LogP contribution in [0.3, 0.4) is 0 Å². The van der Waals surface area contributed by atoms with E-state index < -0.39 is 0 Å². The van der Waals surface area contributed by atoms with Gasteiger partial charge in [0.25, 0.3) is 0 Å². The summed E-state index contributed by atoms with van der Waals surface area (Å²) in [4.78, 5) is 10.4. The van der Waals surface area contributed by atoms with Gasteiger partial charge in [-0.05, 0) is 30.1 Å². The average molecular weight is 150 g/mol. The summed E-state index contributed by atoms with van der Waals surface area (Å²) in [6.45, 7) is 2.24. The van der Waals surface area contributed by atoms with Crippen LogP contribution in [0.15, 0.2) is 12.2 Å². The van der Waals surface area contributed by atoms with Gasteiger partial charge in [0, 0.05) is 6.42 Å². The van der Waals surface area contributed by atoms with Crippen LogP contribution >= 0.6 is 0 Å². The fourth-order valence-electron chi connectivity index (χ4n) is 2.55. The van der Waals surface area contributed by atoms with Crippen molar-refractivity contribution in [2.24, 2.45) is 17.3 Å². The number of carbonyl (C=O) groups excluding carboxylic acids is 1. The van der Waals surface area contributed by atoms with Gasteiger partial charge in [0.15, 0.2) is 0 Å². The van der Waals surface area contributed by atoms with E-state index in [4.69, 9.17) is 0 Å². The standard InChI is InChI=1S/C10H14O/c1-10(6-7-11)8-4-2-3-5-9(8)10/h2,4,7-9H,3,5-6H2,1H3. The molecule has 1 heteroatoms. The largest absolute Gasteiger partial charge is 0.303 e. The molecule has 0 aromatic heterocycles. The molecule has 11 heavy (non-hydrogen) atoms. The summed E-state index contributed by atoms with van der Waals surface area (Å²) in [7, 11) is 0. The van der Waals surface area contributed by atoms with E-state index in [1.54, 1.807) is 0 Å². The van der Waals surface area contributed by atoms with Crippen LogP contribution in [0.25, 0.3) is 0 Å². The molecule has 1 fully saturated rings. The predicted octanol–water partition coefficient (Wildman–Crippen LogP) is 2.18. The zero-order chi connectivity index (χ0) is 7.90. The Bertz CT molecular complexity index is 207. The average Bonchev–Trinajstić information content (AvgIpc) is 2.60. The van der Waals surface area contributed by atoms with Gasteiger partial charge >= 0.3 is 0 Å². The van der Waals surface area contributed by atoms with Crippen molar-refractivity contribution < 1.29 is 4.79 Å². The van der Waals surface area contributed by atoms with Crippen LogP contribution in [0.1, 0.15) is 26.2 Å². The van der Waals surface area contributed by atoms with E-state index in [2.05, 4.69) is 19.1 Å². The molecule has 0 aliphatic heterocycles. The summed E-state index contributed by atoms with van der Waals surface area (Å²) in [5.41, 5.74) is 0.342. The van der Waals surface area contributed by atoms with Crippen molar-refractivity contribution in [3.05, 3.63) is 12.2 Å². The normalized spacial score (nSPS) is 46.6. The lowest BCUT2D eigenvalue weighted by Crippen LogP contribution is -1.99. The summed E-state index contributed by atoms with van der Waals surface area (Å²) >= 11 is 0. The molecule has 0 bridgehead atoms. The third-order valence-electron chi connectivity index (χ3n) is 3.44. The molecule has 0 aromatic rings. The lowest BCUT2D eigenvalue weighted by Gasteiger charge is -2.03. The summed E-state index contributed by atoms with van der Waals surface area (Å²) < 4.78 is 0. The molecule has 2 rings (SSSR count). The molecule has 0 N–H and O–H groups in total. The summed E-state index contributed by atoms with van der Waals surface area (Å²) in [6.07, 6.45) is 8.91. The van der Waals surface area contributed by atoms with Crippen molar-refractivity contribution in [1.29, 1.82) is 0 Å². The third-order valence-corrected chi connectivity index (χ3v) is 3.44. The maximum Gasteiger partial charge on any atom is 0.120 e. The Kier molecular flexibility index (Phi) is 1.41. The fraction of sp³-hybridized carbons (Fsp3) is 0.700. The molecule has 3 atom stereocenters. The van der Waals surface area contributed by atoms with Crippen LogP contribution in [-0.2, 0) is 4.79 Å². The van der Waals surface area contributed by atoms with Crippen LogP contribution in [0, 0.1) is 17.3 Å². The van der Waals surface area contributed by atoms with Gasteiger partial charge in [-0.1, -0.05) is 19.1 Å². The molecular formula is C10H14O. The molecule has 0 saturated heterocycles. The molecule has 0 spiro atoms. The Morgan fingerprint density at radius 1 is 1.73 bits per heavy atom. The van der Waals surface area contributed by atoms with Crippen LogP contribution in [0.5, 0.6) is 0 Å². The van der Waals surface area contributed by atoms with Crippen molar-refractivity contribution in [2.75, 3.05) is 0 Å². The van der Waals surface area contributed by atoms with Crippen molar-refractivity contribution in [1.82, 2.24) is 0 Å². The van der Waals surface area contributed by atoms with Crippen molar-refractivity contribution in [3.63, 3.8) is 0 Å². The van der Waals surface area contributed by atoms with E-state index in [0.29, 0.717) is 5.41 Å². The van der Waals surface area contributed by atoms with Gasteiger partial charge in [-0.2, -0.15) is 0 Å². The molecule has 1 nitrogen and oxygen atoms in total. The quantitative estimate of drug-likeness (QED) is 0.435. The number of fused-ring (bicyclic) bond motifs is 1. The van der Waals surface area contributed by atoms with Crippen molar-refractivity contribution >= 4 is 6.29 Å². The summed E-state index contributed by atoms with van der Waals surface area (Å²) in [5.74, 6) is 1.54. The maximum atomic E-state index is 10.4. The Labute approximate surface area is 67.5 Å². The molecule has 1 saturated carbocycles. The zero-order valence-electron chi connectivity index (χ0n) is 6.92. The summed E-state index contributed by atoms with van der Waals surface area (Å²) in [6, 6.07) is 0. The summed E-state index contributed by atoms with van der Waals surface area (Å²) in [5, 5.41) is 0. The zero-order valence-corrected chi connectivity index (χ0v) is 6.92. The van der Waals surface area contributed by atoms with E-state index in [-0.39, 0.29) is 0 Å². The van der Waals surface area contributed by atoms with Gasteiger partial charge in [-0.15, -0.1) is 0 Å². The highest BCUT2D eigenvalue weighted by atomic mass is 16.1. The van der Waals surface area contributed by atoms with E-state index >= 15 is 0 Å². The first-order valence-electron chi connectivity index (χ1n) is 4.39. The molecule has 2 aliphatic carbocycles. The van der Waals surface area contributed by atoms with Gasteiger partial charge in [0.1, 0.15) is 6.29 Å². The molecule has 2 aliphatic rings. The first-order valence-corrected chi connectivity index (χ1v) is 4.39. The smallest absolute Gasteiger partial charge is 0.120 e. The van der Waals surface area contributed by atoms with Gasteiger partial charge in [0.05, 0.1) is 0 Å². The SMILES string of the molecule is CC1(CC=O)C2C=CCCC21. The Morgan fingerprint density at radius 2 is 2.55 bits per heavy atom. The predicted molar refractivity (Wildman–Crippen MR) is 44.1 cm³/mol. The van der Waals surface area contributed by atoms with Crippen molar-refractivity contribution in [2.45, 2.75) is 26.2 Å². The number of aldehydes is 1. The first-order chi connectivity index (χ1) is 5.29. The Hall–Kier alpha value is -0.590. The lowest BCUT2D eigenvalue weighted by molar-refractivity contribution is -0.108. The lowest BCUT2D eigenvalue weighted by atomic mass is 10.0. The van der Waals surface area contributed by atoms with Gasteiger partial charge in [0.2, 0.25) is 0 Å². The van der Waals surface area contributed by atoms with E-state index in [1.165, 1.54) is 12.8 Å². The first kappa shape index (κ1) is 7.08. The van der Waals surface area contributed by atoms with Gasteiger partial charge in [-0.25, -0.2) is 0 Å². The highest BCUT2D eigenvalue weighted by Gasteiger charge is 2.58. The monoisotopic (exact) mass is 150 g/mol. The third kappa shape index (κ3) is 0.867. The molecule has 3 unspecified atom stereocenters. The van der Waals surface area contributed by atoms with Crippen LogP contribution in [-0.4, -0.2) is 6.29 Å².